The maximum absolute atomic E-state index is 12.8. The van der Waals surface area contributed by atoms with Gasteiger partial charge in [-0.2, -0.15) is 10.1 Å². The number of benzene rings is 1. The lowest BCUT2D eigenvalue weighted by Crippen LogP contribution is -3.14. The quantitative estimate of drug-likeness (QED) is 0.613. The van der Waals surface area contributed by atoms with Crippen molar-refractivity contribution in [1.29, 1.82) is 0 Å². The number of quaternary nitrogens is 1. The van der Waals surface area contributed by atoms with E-state index in [0.29, 0.717) is 0 Å². The van der Waals surface area contributed by atoms with Gasteiger partial charge in [-0.25, -0.2) is 0 Å². The van der Waals surface area contributed by atoms with Gasteiger partial charge in [-0.3, -0.25) is 9.79 Å². The summed E-state index contributed by atoms with van der Waals surface area (Å²) in [5.74, 6) is -0.334. The number of para-hydroxylation sites is 1. The third-order valence-corrected chi connectivity index (χ3v) is 4.80. The molecule has 0 radical (unpaired) electrons. The van der Waals surface area contributed by atoms with Gasteiger partial charge in [-0.15, -0.1) is 0 Å². The zero-order valence-electron chi connectivity index (χ0n) is 15.1. The van der Waals surface area contributed by atoms with Gasteiger partial charge in [0.15, 0.2) is 0 Å². The number of carbonyl (C=O) groups excluding carboxylic acids is 1. The van der Waals surface area contributed by atoms with Crippen LogP contribution in [0.3, 0.4) is 0 Å². The largest absolute Gasteiger partial charge is 0.370 e. The first-order chi connectivity index (χ1) is 12.2. The van der Waals surface area contributed by atoms with Crippen LogP contribution in [0, 0.1) is 5.92 Å². The second kappa shape index (κ2) is 8.36. The second-order valence-corrected chi connectivity index (χ2v) is 6.65. The van der Waals surface area contributed by atoms with Crippen molar-refractivity contribution in [2.45, 2.75) is 20.3 Å². The van der Waals surface area contributed by atoms with Crippen LogP contribution < -0.4 is 9.91 Å². The van der Waals surface area contributed by atoms with E-state index in [1.54, 1.807) is 4.90 Å². The van der Waals surface area contributed by atoms with Crippen LogP contribution in [0.15, 0.2) is 40.4 Å². The van der Waals surface area contributed by atoms with Crippen molar-refractivity contribution >= 4 is 23.0 Å². The standard InChI is InChI=1S/C19H26N4O2/c1-15(20-9-6-10-22-11-13-25-14-12-22)18-16(2)21-23(19(18)24)17-7-4-3-5-8-17/h3-5,7-8,18H,6,9-14H2,1-2H3/p+1/t18-/m0/s1. The maximum atomic E-state index is 12.8. The molecule has 2 heterocycles. The minimum Gasteiger partial charge on any atom is -0.370 e. The van der Waals surface area contributed by atoms with Crippen molar-refractivity contribution in [3.05, 3.63) is 30.3 Å². The van der Waals surface area contributed by atoms with Crippen LogP contribution in [-0.4, -0.2) is 56.7 Å². The van der Waals surface area contributed by atoms with Gasteiger partial charge in [-0.05, 0) is 26.0 Å². The monoisotopic (exact) mass is 343 g/mol. The highest BCUT2D eigenvalue weighted by Crippen LogP contribution is 2.24. The Labute approximate surface area is 149 Å². The topological polar surface area (TPSA) is 58.7 Å². The molecule has 1 atom stereocenters. The molecule has 6 nitrogen and oxygen atoms in total. The number of aliphatic imine (C=N–C) groups is 1. The number of amides is 1. The molecule has 6 heteroatoms. The number of hydrazone groups is 1. The molecule has 1 N–H and O–H groups in total. The minimum atomic E-state index is -0.323. The van der Waals surface area contributed by atoms with Gasteiger partial charge in [0.25, 0.3) is 5.91 Å². The summed E-state index contributed by atoms with van der Waals surface area (Å²) in [4.78, 5) is 19.0. The lowest BCUT2D eigenvalue weighted by molar-refractivity contribution is -0.908. The molecule has 2 aliphatic rings. The Kier molecular flexibility index (Phi) is 5.94. The highest BCUT2D eigenvalue weighted by molar-refractivity contribution is 6.27. The predicted octanol–water partition coefficient (Wildman–Crippen LogP) is 0.791. The first-order valence-electron chi connectivity index (χ1n) is 9.03. The molecule has 134 valence electrons. The minimum absolute atomic E-state index is 0.0104. The molecule has 1 fully saturated rings. The SMILES string of the molecule is CC(=NCCC[NH+]1CCOCC1)[C@@H]1C(=O)N(c2ccccc2)N=C1C. The van der Waals surface area contributed by atoms with Crippen molar-refractivity contribution < 1.29 is 14.4 Å². The summed E-state index contributed by atoms with van der Waals surface area (Å²) in [6.45, 7) is 9.61. The van der Waals surface area contributed by atoms with Crippen molar-refractivity contribution in [1.82, 2.24) is 0 Å². The van der Waals surface area contributed by atoms with Gasteiger partial charge >= 0.3 is 0 Å². The molecule has 3 rings (SSSR count). The van der Waals surface area contributed by atoms with Crippen LogP contribution in [0.2, 0.25) is 0 Å². The lowest BCUT2D eigenvalue weighted by Gasteiger charge is -2.23. The number of carbonyl (C=O) groups is 1. The molecule has 1 aromatic rings. The smallest absolute Gasteiger partial charge is 0.261 e. The number of rotatable bonds is 6. The molecular weight excluding hydrogens is 316 g/mol. The van der Waals surface area contributed by atoms with E-state index in [9.17, 15) is 4.79 Å². The van der Waals surface area contributed by atoms with Crippen molar-refractivity contribution in [2.75, 3.05) is 44.4 Å². The molecule has 1 aromatic carbocycles. The Morgan fingerprint density at radius 3 is 2.76 bits per heavy atom. The Bertz CT molecular complexity index is 651. The maximum Gasteiger partial charge on any atom is 0.261 e. The zero-order valence-corrected chi connectivity index (χ0v) is 15.1. The van der Waals surface area contributed by atoms with Gasteiger partial charge in [-0.1, -0.05) is 18.2 Å². The summed E-state index contributed by atoms with van der Waals surface area (Å²) in [5.41, 5.74) is 2.48. The first-order valence-corrected chi connectivity index (χ1v) is 9.03. The van der Waals surface area contributed by atoms with Gasteiger partial charge in [0.2, 0.25) is 0 Å². The van der Waals surface area contributed by atoms with Crippen LogP contribution >= 0.6 is 0 Å². The average molecular weight is 343 g/mol. The van der Waals surface area contributed by atoms with Crippen LogP contribution in [0.4, 0.5) is 5.69 Å². The van der Waals surface area contributed by atoms with Crippen molar-refractivity contribution in [3.8, 4) is 0 Å². The van der Waals surface area contributed by atoms with Crippen LogP contribution in [0.25, 0.3) is 0 Å². The molecule has 25 heavy (non-hydrogen) atoms. The fourth-order valence-electron chi connectivity index (χ4n) is 3.39. The number of nitrogens with zero attached hydrogens (tertiary/aromatic N) is 3. The fourth-order valence-corrected chi connectivity index (χ4v) is 3.39. The molecule has 1 amide bonds. The Balaban J connectivity index is 1.55. The number of hydrogen-bond acceptors (Lipinski definition) is 4. The summed E-state index contributed by atoms with van der Waals surface area (Å²) < 4.78 is 5.38. The van der Waals surface area contributed by atoms with Gasteiger partial charge < -0.3 is 9.64 Å². The molecule has 0 unspecified atom stereocenters. The van der Waals surface area contributed by atoms with Crippen LogP contribution in [-0.2, 0) is 9.53 Å². The second-order valence-electron chi connectivity index (χ2n) is 6.65. The van der Waals surface area contributed by atoms with E-state index in [1.807, 2.05) is 44.2 Å². The number of hydrogen-bond donors (Lipinski definition) is 1. The molecular formula is C19H27N4O2+. The van der Waals surface area contributed by atoms with Gasteiger partial charge in [0.1, 0.15) is 19.0 Å². The van der Waals surface area contributed by atoms with Crippen LogP contribution in [0.5, 0.6) is 0 Å². The van der Waals surface area contributed by atoms with Crippen molar-refractivity contribution in [3.63, 3.8) is 0 Å². The van der Waals surface area contributed by atoms with Crippen molar-refractivity contribution in [2.24, 2.45) is 16.0 Å². The third-order valence-electron chi connectivity index (χ3n) is 4.80. The lowest BCUT2D eigenvalue weighted by atomic mass is 9.99. The molecule has 0 bridgehead atoms. The van der Waals surface area contributed by atoms with Gasteiger partial charge in [0, 0.05) is 18.7 Å². The fraction of sp³-hybridized carbons (Fsp3) is 0.526. The predicted molar refractivity (Wildman–Crippen MR) is 99.5 cm³/mol. The summed E-state index contributed by atoms with van der Waals surface area (Å²) in [6, 6.07) is 9.55. The zero-order chi connectivity index (χ0) is 17.6. The Morgan fingerprint density at radius 2 is 2.04 bits per heavy atom. The summed E-state index contributed by atoms with van der Waals surface area (Å²) in [5, 5.41) is 5.94. The van der Waals surface area contributed by atoms with E-state index in [-0.39, 0.29) is 11.8 Å². The molecule has 1 saturated heterocycles. The third kappa shape index (κ3) is 4.32. The van der Waals surface area contributed by atoms with Crippen LogP contribution in [0.1, 0.15) is 20.3 Å². The van der Waals surface area contributed by atoms with E-state index in [0.717, 1.165) is 62.9 Å². The number of ether oxygens (including phenoxy) is 1. The number of nitrogens with one attached hydrogen (secondary N) is 1. The highest BCUT2D eigenvalue weighted by atomic mass is 16.5. The molecule has 0 saturated carbocycles. The Morgan fingerprint density at radius 1 is 1.32 bits per heavy atom. The Hall–Kier alpha value is -2.05. The van der Waals surface area contributed by atoms with E-state index in [2.05, 4.69) is 10.1 Å². The highest BCUT2D eigenvalue weighted by Gasteiger charge is 2.36. The number of morpholine rings is 1. The molecule has 2 aliphatic heterocycles. The van der Waals surface area contributed by atoms with E-state index >= 15 is 0 Å². The first kappa shape index (κ1) is 17.8. The molecule has 0 aromatic heterocycles. The summed E-state index contributed by atoms with van der Waals surface area (Å²) in [7, 11) is 0. The van der Waals surface area contributed by atoms with E-state index < -0.39 is 0 Å². The normalized spacial score (nSPS) is 22.4. The summed E-state index contributed by atoms with van der Waals surface area (Å²) >= 11 is 0. The van der Waals surface area contributed by atoms with E-state index in [1.165, 1.54) is 5.01 Å². The summed E-state index contributed by atoms with van der Waals surface area (Å²) in [6.07, 6.45) is 1.03. The molecule has 0 aliphatic carbocycles. The average Bonchev–Trinajstić information content (AvgIpc) is 2.94. The number of anilines is 1. The van der Waals surface area contributed by atoms with Gasteiger partial charge in [0.05, 0.1) is 31.2 Å². The molecule has 0 spiro atoms. The van der Waals surface area contributed by atoms with E-state index in [4.69, 9.17) is 4.74 Å².